The summed E-state index contributed by atoms with van der Waals surface area (Å²) in [5.41, 5.74) is -0.385. The van der Waals surface area contributed by atoms with Crippen molar-refractivity contribution in [3.05, 3.63) is 35.9 Å². The van der Waals surface area contributed by atoms with E-state index >= 15 is 0 Å². The van der Waals surface area contributed by atoms with E-state index in [4.69, 9.17) is 9.47 Å². The molecule has 0 aromatic heterocycles. The van der Waals surface area contributed by atoms with Crippen molar-refractivity contribution in [2.45, 2.75) is 50.7 Å². The number of hydrogen-bond donors (Lipinski definition) is 0. The maximum Gasteiger partial charge on any atom is 0.345 e. The van der Waals surface area contributed by atoms with Gasteiger partial charge in [-0.15, -0.1) is 0 Å². The number of rotatable bonds is 6. The molecular formula is C16H22O3. The van der Waals surface area contributed by atoms with E-state index in [0.717, 1.165) is 31.2 Å². The number of methoxy groups -OCH3 is 1. The molecule has 19 heavy (non-hydrogen) atoms. The predicted octanol–water partition coefficient (Wildman–Crippen LogP) is 3.42. The van der Waals surface area contributed by atoms with Crippen LogP contribution in [0.1, 0.15) is 45.1 Å². The Balaban J connectivity index is 2.37. The topological polar surface area (TPSA) is 38.8 Å². The lowest BCUT2D eigenvalue weighted by atomic mass is 9.81. The molecule has 0 N–H and O–H groups in total. The molecule has 0 radical (unpaired) electrons. The van der Waals surface area contributed by atoms with Gasteiger partial charge in [0.2, 0.25) is 5.60 Å². The van der Waals surface area contributed by atoms with E-state index < -0.39 is 11.2 Å². The zero-order chi connectivity index (χ0) is 13.9. The highest BCUT2D eigenvalue weighted by Gasteiger charge is 2.74. The molecule has 2 atom stereocenters. The molecule has 1 aliphatic heterocycles. The lowest BCUT2D eigenvalue weighted by Crippen LogP contribution is -2.33. The first kappa shape index (κ1) is 14.1. The van der Waals surface area contributed by atoms with E-state index in [1.54, 1.807) is 0 Å². The van der Waals surface area contributed by atoms with Gasteiger partial charge in [0.1, 0.15) is 5.60 Å². The van der Waals surface area contributed by atoms with Gasteiger partial charge in [0.15, 0.2) is 0 Å². The fourth-order valence-corrected chi connectivity index (χ4v) is 2.94. The van der Waals surface area contributed by atoms with Crippen molar-refractivity contribution in [3.8, 4) is 0 Å². The van der Waals surface area contributed by atoms with Crippen LogP contribution in [0.3, 0.4) is 0 Å². The molecule has 104 valence electrons. The Bertz CT molecular complexity index is 443. The Kier molecular flexibility index (Phi) is 3.95. The zero-order valence-electron chi connectivity index (χ0n) is 11.9. The Hall–Kier alpha value is -1.35. The highest BCUT2D eigenvalue weighted by molar-refractivity contribution is 5.86. The van der Waals surface area contributed by atoms with E-state index in [0.29, 0.717) is 0 Å². The van der Waals surface area contributed by atoms with E-state index in [1.165, 1.54) is 7.11 Å². The van der Waals surface area contributed by atoms with Crippen LogP contribution < -0.4 is 0 Å². The predicted molar refractivity (Wildman–Crippen MR) is 73.8 cm³/mol. The van der Waals surface area contributed by atoms with Crippen LogP contribution in [0.4, 0.5) is 0 Å². The minimum atomic E-state index is -0.896. The molecule has 1 aromatic rings. The Labute approximate surface area is 114 Å². The molecule has 1 heterocycles. The molecule has 1 aliphatic rings. The molecule has 2 unspecified atom stereocenters. The summed E-state index contributed by atoms with van der Waals surface area (Å²) < 4.78 is 11.0. The van der Waals surface area contributed by atoms with Crippen LogP contribution in [0, 0.1) is 0 Å². The van der Waals surface area contributed by atoms with Gasteiger partial charge in [0.25, 0.3) is 0 Å². The standard InChI is InChI=1S/C16H22O3/c1-4-6-12-15(5-2)16(19-15,14(17)18-3)13-10-8-7-9-11-13/h7-11H,4-6,12H2,1-3H3. The molecular weight excluding hydrogens is 240 g/mol. The van der Waals surface area contributed by atoms with Crippen molar-refractivity contribution in [1.82, 2.24) is 0 Å². The molecule has 0 saturated carbocycles. The first-order valence-corrected chi connectivity index (χ1v) is 7.01. The third-order valence-corrected chi connectivity index (χ3v) is 4.11. The highest BCUT2D eigenvalue weighted by atomic mass is 16.7. The van der Waals surface area contributed by atoms with Gasteiger partial charge in [0.05, 0.1) is 7.11 Å². The maximum atomic E-state index is 12.3. The summed E-state index contributed by atoms with van der Waals surface area (Å²) in [6.45, 7) is 4.22. The second kappa shape index (κ2) is 5.33. The van der Waals surface area contributed by atoms with Crippen molar-refractivity contribution in [2.75, 3.05) is 7.11 Å². The van der Waals surface area contributed by atoms with E-state index in [2.05, 4.69) is 13.8 Å². The first-order chi connectivity index (χ1) is 9.16. The summed E-state index contributed by atoms with van der Waals surface area (Å²) in [7, 11) is 1.43. The average Bonchev–Trinajstić information content (AvgIpc) is 3.16. The number of esters is 1. The largest absolute Gasteiger partial charge is 0.467 e. The molecule has 1 saturated heterocycles. The smallest absolute Gasteiger partial charge is 0.345 e. The monoisotopic (exact) mass is 262 g/mol. The van der Waals surface area contributed by atoms with Crippen molar-refractivity contribution in [3.63, 3.8) is 0 Å². The van der Waals surface area contributed by atoms with Gasteiger partial charge in [-0.1, -0.05) is 57.0 Å². The van der Waals surface area contributed by atoms with Gasteiger partial charge in [-0.25, -0.2) is 4.79 Å². The minimum Gasteiger partial charge on any atom is -0.467 e. The number of unbranched alkanes of at least 4 members (excludes halogenated alkanes) is 1. The third kappa shape index (κ3) is 2.06. The normalized spacial score (nSPS) is 29.0. The molecule has 0 amide bonds. The summed E-state index contributed by atoms with van der Waals surface area (Å²) in [5, 5.41) is 0. The average molecular weight is 262 g/mol. The number of carbonyl (C=O) groups is 1. The van der Waals surface area contributed by atoms with Crippen LogP contribution in [0.2, 0.25) is 0 Å². The van der Waals surface area contributed by atoms with Gasteiger partial charge in [-0.2, -0.15) is 0 Å². The molecule has 0 aliphatic carbocycles. The molecule has 3 heteroatoms. The first-order valence-electron chi connectivity index (χ1n) is 7.01. The fraction of sp³-hybridized carbons (Fsp3) is 0.562. The lowest BCUT2D eigenvalue weighted by Gasteiger charge is -2.17. The molecule has 0 spiro atoms. The second-order valence-electron chi connectivity index (χ2n) is 5.09. The Morgan fingerprint density at radius 1 is 1.26 bits per heavy atom. The summed E-state index contributed by atoms with van der Waals surface area (Å²) in [5.74, 6) is -0.281. The second-order valence-corrected chi connectivity index (χ2v) is 5.09. The van der Waals surface area contributed by atoms with Crippen molar-refractivity contribution >= 4 is 5.97 Å². The minimum absolute atomic E-state index is 0.281. The van der Waals surface area contributed by atoms with Crippen LogP contribution in [0.25, 0.3) is 0 Å². The van der Waals surface area contributed by atoms with Crippen LogP contribution in [-0.4, -0.2) is 18.7 Å². The van der Waals surface area contributed by atoms with Crippen LogP contribution in [0.5, 0.6) is 0 Å². The number of carbonyl (C=O) groups excluding carboxylic acids is 1. The Morgan fingerprint density at radius 3 is 2.47 bits per heavy atom. The van der Waals surface area contributed by atoms with Crippen molar-refractivity contribution in [2.24, 2.45) is 0 Å². The van der Waals surface area contributed by atoms with Gasteiger partial charge in [-0.05, 0) is 18.4 Å². The maximum absolute atomic E-state index is 12.3. The van der Waals surface area contributed by atoms with Gasteiger partial charge in [-0.3, -0.25) is 0 Å². The highest BCUT2D eigenvalue weighted by Crippen LogP contribution is 2.60. The molecule has 0 bridgehead atoms. The number of ether oxygens (including phenoxy) is 2. The van der Waals surface area contributed by atoms with Crippen LogP contribution in [-0.2, 0) is 19.9 Å². The molecule has 1 aromatic carbocycles. The summed E-state index contributed by atoms with van der Waals surface area (Å²) in [4.78, 5) is 12.3. The fourth-order valence-electron chi connectivity index (χ4n) is 2.94. The number of benzene rings is 1. The summed E-state index contributed by atoms with van der Waals surface area (Å²) in [6.07, 6.45) is 3.86. The van der Waals surface area contributed by atoms with Gasteiger partial charge in [0, 0.05) is 0 Å². The molecule has 1 fully saturated rings. The van der Waals surface area contributed by atoms with Gasteiger partial charge >= 0.3 is 5.97 Å². The summed E-state index contributed by atoms with van der Waals surface area (Å²) in [6, 6.07) is 9.70. The molecule has 2 rings (SSSR count). The Morgan fingerprint density at radius 2 is 1.95 bits per heavy atom. The number of epoxide rings is 1. The van der Waals surface area contributed by atoms with Crippen molar-refractivity contribution < 1.29 is 14.3 Å². The summed E-state index contributed by atoms with van der Waals surface area (Å²) >= 11 is 0. The van der Waals surface area contributed by atoms with E-state index in [-0.39, 0.29) is 5.97 Å². The molecule has 3 nitrogen and oxygen atoms in total. The zero-order valence-corrected chi connectivity index (χ0v) is 11.9. The van der Waals surface area contributed by atoms with Crippen molar-refractivity contribution in [1.29, 1.82) is 0 Å². The van der Waals surface area contributed by atoms with Crippen LogP contribution in [0.15, 0.2) is 30.3 Å². The lowest BCUT2D eigenvalue weighted by molar-refractivity contribution is -0.147. The SMILES string of the molecule is CCCCC1(CC)OC1(C(=O)OC)c1ccccc1. The quantitative estimate of drug-likeness (QED) is 0.582. The van der Waals surface area contributed by atoms with Crippen LogP contribution >= 0.6 is 0 Å². The number of hydrogen-bond acceptors (Lipinski definition) is 3. The third-order valence-electron chi connectivity index (χ3n) is 4.11. The van der Waals surface area contributed by atoms with E-state index in [1.807, 2.05) is 30.3 Å². The van der Waals surface area contributed by atoms with Gasteiger partial charge < -0.3 is 9.47 Å². The van der Waals surface area contributed by atoms with E-state index in [9.17, 15) is 4.79 Å².